The fraction of sp³-hybridized carbons (Fsp3) is 0.647. The Bertz CT molecular complexity index is 519. The Morgan fingerprint density at radius 2 is 1.96 bits per heavy atom. The first-order valence-electron chi connectivity index (χ1n) is 8.33. The number of aryl methyl sites for hydroxylation is 1. The molecule has 2 rings (SSSR count). The number of unbranched alkanes of at least 4 members (excludes halogenated alkanes) is 2. The van der Waals surface area contributed by atoms with E-state index in [1.807, 2.05) is 6.92 Å². The normalized spacial score (nSPS) is 20.9. The standard InChI is InChI=1S/C17H25Cl3O2Si/c1-3-4-5-10-17(2)21-13-15-12-14(8-9-16(15)22-17)7-6-11-23(18,19)20/h8-9,12H,3-7,10-11,13H2,1-2H3. The number of fused-ring (bicyclic) bond motifs is 1. The molecule has 0 saturated carbocycles. The molecule has 0 spiro atoms. The number of ether oxygens (including phenoxy) is 2. The van der Waals surface area contributed by atoms with Gasteiger partial charge in [-0.3, -0.25) is 0 Å². The summed E-state index contributed by atoms with van der Waals surface area (Å²) < 4.78 is 12.1. The Morgan fingerprint density at radius 3 is 2.65 bits per heavy atom. The van der Waals surface area contributed by atoms with Gasteiger partial charge < -0.3 is 9.47 Å². The first kappa shape index (κ1) is 19.4. The average molecular weight is 396 g/mol. The lowest BCUT2D eigenvalue weighted by Gasteiger charge is -2.36. The van der Waals surface area contributed by atoms with Crippen LogP contribution in [0.5, 0.6) is 5.75 Å². The number of rotatable bonds is 8. The zero-order valence-corrected chi connectivity index (χ0v) is 17.1. The van der Waals surface area contributed by atoms with Crippen LogP contribution in [0.2, 0.25) is 6.04 Å². The van der Waals surface area contributed by atoms with Gasteiger partial charge >= 0.3 is 6.00 Å². The van der Waals surface area contributed by atoms with Crippen molar-refractivity contribution < 1.29 is 9.47 Å². The first-order chi connectivity index (χ1) is 10.8. The topological polar surface area (TPSA) is 18.5 Å². The molecule has 0 bridgehead atoms. The van der Waals surface area contributed by atoms with Crippen LogP contribution < -0.4 is 4.74 Å². The Morgan fingerprint density at radius 1 is 1.17 bits per heavy atom. The SMILES string of the molecule is CCCCCC1(C)OCc2cc(CCC[Si](Cl)(Cl)Cl)ccc2O1. The first-order valence-corrected chi connectivity index (χ1v) is 13.6. The fourth-order valence-electron chi connectivity index (χ4n) is 2.81. The highest BCUT2D eigenvalue weighted by molar-refractivity contribution is 7.64. The van der Waals surface area contributed by atoms with Gasteiger partial charge in [-0.2, -0.15) is 0 Å². The van der Waals surface area contributed by atoms with Crippen molar-refractivity contribution in [2.45, 2.75) is 70.8 Å². The van der Waals surface area contributed by atoms with Crippen LogP contribution in [0.25, 0.3) is 0 Å². The summed E-state index contributed by atoms with van der Waals surface area (Å²) in [6, 6.07) is 4.50. The van der Waals surface area contributed by atoms with Gasteiger partial charge in [0.25, 0.3) is 0 Å². The van der Waals surface area contributed by atoms with Gasteiger partial charge in [0, 0.05) is 18.9 Å². The molecule has 1 aliphatic rings. The second kappa shape index (κ2) is 8.44. The summed E-state index contributed by atoms with van der Waals surface area (Å²) in [4.78, 5) is 0. The van der Waals surface area contributed by atoms with Crippen LogP contribution in [-0.4, -0.2) is 11.8 Å². The molecule has 0 amide bonds. The molecular weight excluding hydrogens is 371 g/mol. The third-order valence-corrected chi connectivity index (χ3v) is 6.77. The molecule has 0 fully saturated rings. The van der Waals surface area contributed by atoms with Gasteiger partial charge in [-0.15, -0.1) is 33.2 Å². The number of benzene rings is 1. The maximum absolute atomic E-state index is 6.10. The van der Waals surface area contributed by atoms with Crippen molar-refractivity contribution in [3.8, 4) is 5.75 Å². The largest absolute Gasteiger partial charge is 0.462 e. The Kier molecular flexibility index (Phi) is 7.12. The van der Waals surface area contributed by atoms with Crippen LogP contribution in [0, 0.1) is 0 Å². The summed E-state index contributed by atoms with van der Waals surface area (Å²) in [6.07, 6.45) is 6.28. The molecule has 1 aromatic rings. The van der Waals surface area contributed by atoms with Crippen molar-refractivity contribution in [3.05, 3.63) is 29.3 Å². The predicted octanol–water partition coefficient (Wildman–Crippen LogP) is 6.48. The van der Waals surface area contributed by atoms with E-state index in [-0.39, 0.29) is 0 Å². The minimum Gasteiger partial charge on any atom is -0.462 e. The third kappa shape index (κ3) is 6.47. The van der Waals surface area contributed by atoms with Gasteiger partial charge in [0.1, 0.15) is 5.75 Å². The van der Waals surface area contributed by atoms with Crippen LogP contribution in [0.15, 0.2) is 18.2 Å². The third-order valence-electron chi connectivity index (χ3n) is 4.14. The van der Waals surface area contributed by atoms with Crippen LogP contribution in [0.4, 0.5) is 0 Å². The molecular formula is C17H25Cl3O2Si. The van der Waals surface area contributed by atoms with Crippen LogP contribution >= 0.6 is 33.2 Å². The van der Waals surface area contributed by atoms with Gasteiger partial charge in [-0.05, 0) is 43.0 Å². The minimum absolute atomic E-state index is 0.495. The fourth-order valence-corrected chi connectivity index (χ4v) is 4.59. The molecule has 0 radical (unpaired) electrons. The maximum Gasteiger partial charge on any atom is 0.341 e. The van der Waals surface area contributed by atoms with E-state index in [0.717, 1.165) is 37.0 Å². The number of halogens is 3. The Hall–Kier alpha value is 0.0669. The Labute approximate surface area is 154 Å². The van der Waals surface area contributed by atoms with E-state index < -0.39 is 11.8 Å². The molecule has 1 unspecified atom stereocenters. The molecule has 1 atom stereocenters. The molecule has 0 aromatic heterocycles. The zero-order valence-electron chi connectivity index (χ0n) is 13.8. The molecule has 0 saturated heterocycles. The Balaban J connectivity index is 1.92. The predicted molar refractivity (Wildman–Crippen MR) is 101 cm³/mol. The van der Waals surface area contributed by atoms with Crippen molar-refractivity contribution in [3.63, 3.8) is 0 Å². The van der Waals surface area contributed by atoms with Gasteiger partial charge in [0.2, 0.25) is 5.79 Å². The summed E-state index contributed by atoms with van der Waals surface area (Å²) >= 11 is 17.8. The van der Waals surface area contributed by atoms with E-state index in [1.54, 1.807) is 0 Å². The summed E-state index contributed by atoms with van der Waals surface area (Å²) in [5.41, 5.74) is 2.36. The van der Waals surface area contributed by atoms with Crippen molar-refractivity contribution in [2.75, 3.05) is 0 Å². The quantitative estimate of drug-likeness (QED) is 0.285. The molecule has 1 heterocycles. The molecule has 130 valence electrons. The highest BCUT2D eigenvalue weighted by atomic mass is 35.8. The van der Waals surface area contributed by atoms with E-state index in [0.29, 0.717) is 12.7 Å². The summed E-state index contributed by atoms with van der Waals surface area (Å²) in [6.45, 7) is 4.84. The summed E-state index contributed by atoms with van der Waals surface area (Å²) in [7, 11) is 0. The minimum atomic E-state index is -2.51. The van der Waals surface area contributed by atoms with Crippen molar-refractivity contribution in [1.29, 1.82) is 0 Å². The maximum atomic E-state index is 6.10. The second-order valence-electron chi connectivity index (χ2n) is 6.39. The molecule has 1 aromatic carbocycles. The molecule has 1 aliphatic heterocycles. The van der Waals surface area contributed by atoms with E-state index in [1.165, 1.54) is 18.4 Å². The molecule has 0 N–H and O–H groups in total. The molecule has 0 aliphatic carbocycles. The van der Waals surface area contributed by atoms with Crippen LogP contribution in [0.3, 0.4) is 0 Å². The van der Waals surface area contributed by atoms with Gasteiger partial charge in [-0.1, -0.05) is 25.8 Å². The van der Waals surface area contributed by atoms with E-state index in [4.69, 9.17) is 42.7 Å². The summed E-state index contributed by atoms with van der Waals surface area (Å²) in [5.74, 6) is 0.444. The van der Waals surface area contributed by atoms with Crippen molar-refractivity contribution in [1.82, 2.24) is 0 Å². The summed E-state index contributed by atoms with van der Waals surface area (Å²) in [5, 5.41) is 0. The zero-order chi connectivity index (χ0) is 16.9. The van der Waals surface area contributed by atoms with Crippen molar-refractivity contribution in [2.24, 2.45) is 0 Å². The lowest BCUT2D eigenvalue weighted by molar-refractivity contribution is -0.198. The van der Waals surface area contributed by atoms with Gasteiger partial charge in [0.15, 0.2) is 0 Å². The molecule has 2 nitrogen and oxygen atoms in total. The molecule has 23 heavy (non-hydrogen) atoms. The smallest absolute Gasteiger partial charge is 0.341 e. The van der Waals surface area contributed by atoms with Crippen LogP contribution in [0.1, 0.15) is 57.1 Å². The average Bonchev–Trinajstić information content (AvgIpc) is 2.46. The van der Waals surface area contributed by atoms with E-state index in [2.05, 4.69) is 25.1 Å². The lowest BCUT2D eigenvalue weighted by Crippen LogP contribution is -2.38. The number of hydrogen-bond acceptors (Lipinski definition) is 2. The number of hydrogen-bond donors (Lipinski definition) is 0. The van der Waals surface area contributed by atoms with E-state index >= 15 is 0 Å². The highest BCUT2D eigenvalue weighted by Gasteiger charge is 2.32. The molecule has 6 heteroatoms. The highest BCUT2D eigenvalue weighted by Crippen LogP contribution is 2.35. The van der Waals surface area contributed by atoms with Crippen molar-refractivity contribution >= 4 is 39.2 Å². The van der Waals surface area contributed by atoms with E-state index in [9.17, 15) is 0 Å². The second-order valence-corrected chi connectivity index (χ2v) is 15.7. The lowest BCUT2D eigenvalue weighted by atomic mass is 10.0. The monoisotopic (exact) mass is 394 g/mol. The van der Waals surface area contributed by atoms with Gasteiger partial charge in [0.05, 0.1) is 6.61 Å². The van der Waals surface area contributed by atoms with Crippen LogP contribution in [-0.2, 0) is 17.8 Å². The van der Waals surface area contributed by atoms with Gasteiger partial charge in [-0.25, -0.2) is 0 Å².